The minimum absolute atomic E-state index is 0.229. The van der Waals surface area contributed by atoms with Gasteiger partial charge in [-0.1, -0.05) is 20.3 Å². The van der Waals surface area contributed by atoms with Gasteiger partial charge in [0.1, 0.15) is 0 Å². The molecule has 0 aromatic carbocycles. The van der Waals surface area contributed by atoms with Gasteiger partial charge in [0.2, 0.25) is 0 Å². The van der Waals surface area contributed by atoms with Crippen molar-refractivity contribution in [3.63, 3.8) is 0 Å². The molecular formula is C17H35N3. The first-order valence-corrected chi connectivity index (χ1v) is 8.80. The molecule has 3 nitrogen and oxygen atoms in total. The molecule has 2 rings (SSSR count). The molecule has 2 N–H and O–H groups in total. The second-order valence-electron chi connectivity index (χ2n) is 7.19. The molecule has 1 saturated carbocycles. The van der Waals surface area contributed by atoms with Gasteiger partial charge in [-0.2, -0.15) is 0 Å². The molecule has 0 radical (unpaired) electrons. The molecule has 1 heterocycles. The lowest BCUT2D eigenvalue weighted by molar-refractivity contribution is 0.0555. The van der Waals surface area contributed by atoms with Crippen molar-refractivity contribution in [3.8, 4) is 0 Å². The molecule has 0 aromatic heterocycles. The molecule has 20 heavy (non-hydrogen) atoms. The van der Waals surface area contributed by atoms with Gasteiger partial charge < -0.3 is 5.73 Å². The molecule has 1 saturated heterocycles. The van der Waals surface area contributed by atoms with Crippen LogP contribution in [-0.2, 0) is 0 Å². The summed E-state index contributed by atoms with van der Waals surface area (Å²) in [6.07, 6.45) is 7.86. The predicted molar refractivity (Wildman–Crippen MR) is 87.0 cm³/mol. The molecule has 0 aromatic rings. The maximum atomic E-state index is 6.31. The molecule has 3 atom stereocenters. The molecule has 3 unspecified atom stereocenters. The monoisotopic (exact) mass is 281 g/mol. The fourth-order valence-electron chi connectivity index (χ4n) is 4.07. The maximum Gasteiger partial charge on any atom is 0.0476 e. The van der Waals surface area contributed by atoms with E-state index in [4.69, 9.17) is 5.73 Å². The summed E-state index contributed by atoms with van der Waals surface area (Å²) in [6, 6.07) is 2.22. The molecule has 1 aliphatic carbocycles. The predicted octanol–water partition coefficient (Wildman–Crippen LogP) is 2.84. The van der Waals surface area contributed by atoms with E-state index in [1.807, 2.05) is 0 Å². The third kappa shape index (κ3) is 3.20. The SMILES string of the molecule is CCCCN(C(C)CC)C1(CN)CC(C)N(C2CC2)C1. The zero-order valence-corrected chi connectivity index (χ0v) is 14.1. The Kier molecular flexibility index (Phi) is 5.49. The Labute approximate surface area is 125 Å². The van der Waals surface area contributed by atoms with Crippen LogP contribution >= 0.6 is 0 Å². The summed E-state index contributed by atoms with van der Waals surface area (Å²) in [4.78, 5) is 5.50. The van der Waals surface area contributed by atoms with E-state index in [1.54, 1.807) is 0 Å². The first-order valence-electron chi connectivity index (χ1n) is 8.80. The molecule has 2 aliphatic rings. The first-order chi connectivity index (χ1) is 9.57. The fourth-order valence-corrected chi connectivity index (χ4v) is 4.07. The fraction of sp³-hybridized carbons (Fsp3) is 1.00. The van der Waals surface area contributed by atoms with E-state index in [0.29, 0.717) is 12.1 Å². The van der Waals surface area contributed by atoms with Crippen molar-refractivity contribution in [2.24, 2.45) is 5.73 Å². The van der Waals surface area contributed by atoms with Crippen LogP contribution in [0, 0.1) is 0 Å². The lowest BCUT2D eigenvalue weighted by atomic mass is 9.91. The average Bonchev–Trinajstić information content (AvgIpc) is 3.23. The summed E-state index contributed by atoms with van der Waals surface area (Å²) >= 11 is 0. The van der Waals surface area contributed by atoms with Gasteiger partial charge in [-0.15, -0.1) is 0 Å². The molecule has 1 aliphatic heterocycles. The van der Waals surface area contributed by atoms with Gasteiger partial charge in [0.15, 0.2) is 0 Å². The van der Waals surface area contributed by atoms with Gasteiger partial charge in [-0.25, -0.2) is 0 Å². The third-order valence-corrected chi connectivity index (χ3v) is 5.60. The van der Waals surface area contributed by atoms with Crippen LogP contribution in [0.5, 0.6) is 0 Å². The molecule has 0 amide bonds. The lowest BCUT2D eigenvalue weighted by Gasteiger charge is -2.44. The summed E-state index contributed by atoms with van der Waals surface area (Å²) in [5.41, 5.74) is 6.54. The molecule has 0 spiro atoms. The summed E-state index contributed by atoms with van der Waals surface area (Å²) in [5, 5.41) is 0. The number of hydrogen-bond acceptors (Lipinski definition) is 3. The Balaban J connectivity index is 2.13. The smallest absolute Gasteiger partial charge is 0.0476 e. The second-order valence-corrected chi connectivity index (χ2v) is 7.19. The van der Waals surface area contributed by atoms with Gasteiger partial charge in [0, 0.05) is 36.8 Å². The van der Waals surface area contributed by atoms with Crippen molar-refractivity contribution in [1.82, 2.24) is 9.80 Å². The normalized spacial score (nSPS) is 33.0. The average molecular weight is 281 g/mol. The van der Waals surface area contributed by atoms with Gasteiger partial charge in [0.25, 0.3) is 0 Å². The summed E-state index contributed by atoms with van der Waals surface area (Å²) < 4.78 is 0. The van der Waals surface area contributed by atoms with Crippen LogP contribution in [0.1, 0.15) is 66.2 Å². The molecular weight excluding hydrogens is 246 g/mol. The quantitative estimate of drug-likeness (QED) is 0.742. The van der Waals surface area contributed by atoms with E-state index in [1.165, 1.54) is 51.6 Å². The Hall–Kier alpha value is -0.120. The topological polar surface area (TPSA) is 32.5 Å². The van der Waals surface area contributed by atoms with Crippen molar-refractivity contribution in [3.05, 3.63) is 0 Å². The number of likely N-dealkylation sites (tertiary alicyclic amines) is 1. The van der Waals surface area contributed by atoms with Crippen LogP contribution in [0.2, 0.25) is 0 Å². The van der Waals surface area contributed by atoms with Crippen molar-refractivity contribution < 1.29 is 0 Å². The maximum absolute atomic E-state index is 6.31. The second kappa shape index (κ2) is 6.76. The molecule has 2 fully saturated rings. The highest BCUT2D eigenvalue weighted by molar-refractivity contribution is 5.07. The standard InChI is InChI=1S/C17H35N3/c1-5-7-10-20(14(3)6-2)17(12-18)11-15(4)19(13-17)16-8-9-16/h14-16H,5-13,18H2,1-4H3. The van der Waals surface area contributed by atoms with Crippen LogP contribution < -0.4 is 5.73 Å². The van der Waals surface area contributed by atoms with E-state index in [2.05, 4.69) is 37.5 Å². The molecule has 3 heteroatoms. The summed E-state index contributed by atoms with van der Waals surface area (Å²) in [6.45, 7) is 12.6. The zero-order chi connectivity index (χ0) is 14.8. The Morgan fingerprint density at radius 3 is 2.55 bits per heavy atom. The number of rotatable bonds is 8. The van der Waals surface area contributed by atoms with E-state index in [0.717, 1.165) is 12.6 Å². The van der Waals surface area contributed by atoms with Crippen LogP contribution in [-0.4, -0.2) is 53.1 Å². The van der Waals surface area contributed by atoms with Crippen molar-refractivity contribution in [1.29, 1.82) is 0 Å². The van der Waals surface area contributed by atoms with Crippen molar-refractivity contribution in [2.45, 2.75) is 89.9 Å². The molecule has 118 valence electrons. The Bertz CT molecular complexity index is 303. The van der Waals surface area contributed by atoms with E-state index >= 15 is 0 Å². The minimum Gasteiger partial charge on any atom is -0.329 e. The van der Waals surface area contributed by atoms with Gasteiger partial charge >= 0.3 is 0 Å². The van der Waals surface area contributed by atoms with Crippen molar-refractivity contribution >= 4 is 0 Å². The van der Waals surface area contributed by atoms with E-state index in [9.17, 15) is 0 Å². The minimum atomic E-state index is 0.229. The van der Waals surface area contributed by atoms with Gasteiger partial charge in [-0.3, -0.25) is 9.80 Å². The summed E-state index contributed by atoms with van der Waals surface area (Å²) in [7, 11) is 0. The summed E-state index contributed by atoms with van der Waals surface area (Å²) in [5.74, 6) is 0. The van der Waals surface area contributed by atoms with E-state index in [-0.39, 0.29) is 5.54 Å². The van der Waals surface area contributed by atoms with Gasteiger partial charge in [0.05, 0.1) is 0 Å². The van der Waals surface area contributed by atoms with Crippen LogP contribution in [0.25, 0.3) is 0 Å². The number of hydrogen-bond donors (Lipinski definition) is 1. The van der Waals surface area contributed by atoms with Crippen LogP contribution in [0.15, 0.2) is 0 Å². The highest BCUT2D eigenvalue weighted by atomic mass is 15.3. The molecule has 0 bridgehead atoms. The van der Waals surface area contributed by atoms with E-state index < -0.39 is 0 Å². The third-order valence-electron chi connectivity index (χ3n) is 5.60. The highest BCUT2D eigenvalue weighted by Gasteiger charge is 2.49. The largest absolute Gasteiger partial charge is 0.329 e. The van der Waals surface area contributed by atoms with Crippen molar-refractivity contribution in [2.75, 3.05) is 19.6 Å². The van der Waals surface area contributed by atoms with Crippen LogP contribution in [0.4, 0.5) is 0 Å². The highest BCUT2D eigenvalue weighted by Crippen LogP contribution is 2.40. The van der Waals surface area contributed by atoms with Crippen LogP contribution in [0.3, 0.4) is 0 Å². The number of nitrogens with zero attached hydrogens (tertiary/aromatic N) is 2. The zero-order valence-electron chi connectivity index (χ0n) is 14.1. The number of nitrogens with two attached hydrogens (primary N) is 1. The first kappa shape index (κ1) is 16.3. The lowest BCUT2D eigenvalue weighted by Crippen LogP contribution is -2.59. The number of unbranched alkanes of at least 4 members (excludes halogenated alkanes) is 1. The van der Waals surface area contributed by atoms with Gasteiger partial charge in [-0.05, 0) is 52.5 Å². The Morgan fingerprint density at radius 2 is 2.05 bits per heavy atom. The Morgan fingerprint density at radius 1 is 1.35 bits per heavy atom.